The maximum absolute atomic E-state index is 12.6. The Morgan fingerprint density at radius 2 is 1.56 bits per heavy atom. The second-order valence-electron chi connectivity index (χ2n) is 6.99. The van der Waals surface area contributed by atoms with Crippen LogP contribution >= 0.6 is 0 Å². The molecule has 4 rings (SSSR count). The molecule has 4 heteroatoms. The maximum atomic E-state index is 12.6. The molecule has 1 saturated carbocycles. The zero-order chi connectivity index (χ0) is 17.2. The molecule has 0 unspecified atom stereocenters. The molecule has 2 aliphatic rings. The van der Waals surface area contributed by atoms with E-state index in [4.69, 9.17) is 0 Å². The topological polar surface area (TPSA) is 58.2 Å². The van der Waals surface area contributed by atoms with E-state index in [1.54, 1.807) is 6.07 Å². The van der Waals surface area contributed by atoms with Crippen molar-refractivity contribution in [3.8, 4) is 0 Å². The van der Waals surface area contributed by atoms with Crippen molar-refractivity contribution in [2.24, 2.45) is 5.92 Å². The van der Waals surface area contributed by atoms with Crippen LogP contribution in [0.4, 0.5) is 11.4 Å². The molecule has 4 nitrogen and oxygen atoms in total. The number of rotatable bonds is 4. The number of benzene rings is 2. The summed E-state index contributed by atoms with van der Waals surface area (Å²) < 4.78 is 0. The Balaban J connectivity index is 1.46. The molecule has 2 aromatic rings. The maximum Gasteiger partial charge on any atom is 0.255 e. The number of carbonyl (C=O) groups is 2. The fraction of sp³-hybridized carbons (Fsp3) is 0.333. The predicted molar refractivity (Wildman–Crippen MR) is 98.8 cm³/mol. The van der Waals surface area contributed by atoms with E-state index in [-0.39, 0.29) is 17.7 Å². The lowest BCUT2D eigenvalue weighted by Gasteiger charge is -2.16. The molecule has 2 aromatic carbocycles. The SMILES string of the molecule is O=C(Nc1cccc(NC(=O)C2CC2)c1)c1ccc2c(c1)CCCC2. The van der Waals surface area contributed by atoms with Crippen LogP contribution in [0.2, 0.25) is 0 Å². The molecule has 1 fully saturated rings. The summed E-state index contributed by atoms with van der Waals surface area (Å²) in [5.74, 6) is 0.117. The summed E-state index contributed by atoms with van der Waals surface area (Å²) in [6.07, 6.45) is 6.54. The first-order valence-electron chi connectivity index (χ1n) is 9.03. The quantitative estimate of drug-likeness (QED) is 0.882. The van der Waals surface area contributed by atoms with Crippen LogP contribution in [0.3, 0.4) is 0 Å². The van der Waals surface area contributed by atoms with Gasteiger partial charge >= 0.3 is 0 Å². The van der Waals surface area contributed by atoms with Gasteiger partial charge in [-0.15, -0.1) is 0 Å². The summed E-state index contributed by atoms with van der Waals surface area (Å²) in [7, 11) is 0. The highest BCUT2D eigenvalue weighted by molar-refractivity contribution is 6.05. The Morgan fingerprint density at radius 3 is 2.32 bits per heavy atom. The van der Waals surface area contributed by atoms with Gasteiger partial charge in [-0.25, -0.2) is 0 Å². The first kappa shape index (κ1) is 15.9. The Morgan fingerprint density at radius 1 is 0.840 bits per heavy atom. The molecule has 0 aromatic heterocycles. The van der Waals surface area contributed by atoms with Gasteiger partial charge in [-0.1, -0.05) is 12.1 Å². The van der Waals surface area contributed by atoms with Gasteiger partial charge in [0, 0.05) is 22.9 Å². The molecule has 0 spiro atoms. The average molecular weight is 334 g/mol. The molecular weight excluding hydrogens is 312 g/mol. The van der Waals surface area contributed by atoms with Gasteiger partial charge in [0.2, 0.25) is 5.91 Å². The normalized spacial score (nSPS) is 16.0. The molecule has 0 heterocycles. The second-order valence-corrected chi connectivity index (χ2v) is 6.99. The van der Waals surface area contributed by atoms with E-state index in [9.17, 15) is 9.59 Å². The van der Waals surface area contributed by atoms with Crippen LogP contribution in [0.5, 0.6) is 0 Å². The Kier molecular flexibility index (Phi) is 4.26. The third-order valence-electron chi connectivity index (χ3n) is 4.95. The molecule has 2 aliphatic carbocycles. The number of aryl methyl sites for hydroxylation is 2. The Hall–Kier alpha value is -2.62. The van der Waals surface area contributed by atoms with Crippen molar-refractivity contribution in [2.75, 3.05) is 10.6 Å². The lowest BCUT2D eigenvalue weighted by atomic mass is 9.90. The average Bonchev–Trinajstić information content (AvgIpc) is 3.47. The van der Waals surface area contributed by atoms with Gasteiger partial charge in [-0.2, -0.15) is 0 Å². The number of carbonyl (C=O) groups excluding carboxylic acids is 2. The molecule has 0 aliphatic heterocycles. The molecular formula is C21H22N2O2. The van der Waals surface area contributed by atoms with Crippen LogP contribution in [0.15, 0.2) is 42.5 Å². The molecule has 128 valence electrons. The lowest BCUT2D eigenvalue weighted by Crippen LogP contribution is -2.15. The number of nitrogens with one attached hydrogen (secondary N) is 2. The first-order chi connectivity index (χ1) is 12.2. The summed E-state index contributed by atoms with van der Waals surface area (Å²) in [6.45, 7) is 0. The smallest absolute Gasteiger partial charge is 0.255 e. The van der Waals surface area contributed by atoms with Crippen LogP contribution in [-0.2, 0) is 17.6 Å². The van der Waals surface area contributed by atoms with E-state index >= 15 is 0 Å². The fourth-order valence-corrected chi connectivity index (χ4v) is 3.34. The van der Waals surface area contributed by atoms with Crippen molar-refractivity contribution >= 4 is 23.2 Å². The van der Waals surface area contributed by atoms with Crippen molar-refractivity contribution in [3.05, 3.63) is 59.2 Å². The Labute approximate surface area is 147 Å². The van der Waals surface area contributed by atoms with Gasteiger partial charge < -0.3 is 10.6 Å². The summed E-state index contributed by atoms with van der Waals surface area (Å²) in [5.41, 5.74) is 4.77. The van der Waals surface area contributed by atoms with E-state index in [0.717, 1.165) is 31.4 Å². The zero-order valence-electron chi connectivity index (χ0n) is 14.2. The number of hydrogen-bond acceptors (Lipinski definition) is 2. The van der Waals surface area contributed by atoms with Gasteiger partial charge in [-0.05, 0) is 80.0 Å². The van der Waals surface area contributed by atoms with Crippen LogP contribution in [-0.4, -0.2) is 11.8 Å². The van der Waals surface area contributed by atoms with Gasteiger partial charge in [-0.3, -0.25) is 9.59 Å². The molecule has 0 atom stereocenters. The fourth-order valence-electron chi connectivity index (χ4n) is 3.34. The van der Waals surface area contributed by atoms with Gasteiger partial charge in [0.25, 0.3) is 5.91 Å². The van der Waals surface area contributed by atoms with Crippen molar-refractivity contribution in [2.45, 2.75) is 38.5 Å². The number of hydrogen-bond donors (Lipinski definition) is 2. The highest BCUT2D eigenvalue weighted by Crippen LogP contribution is 2.30. The number of anilines is 2. The van der Waals surface area contributed by atoms with Crippen molar-refractivity contribution in [1.82, 2.24) is 0 Å². The van der Waals surface area contributed by atoms with Crippen LogP contribution in [0.1, 0.15) is 47.2 Å². The first-order valence-corrected chi connectivity index (χ1v) is 9.03. The van der Waals surface area contributed by atoms with Gasteiger partial charge in [0.05, 0.1) is 0 Å². The third kappa shape index (κ3) is 3.73. The van der Waals surface area contributed by atoms with E-state index in [0.29, 0.717) is 11.3 Å². The lowest BCUT2D eigenvalue weighted by molar-refractivity contribution is -0.117. The summed E-state index contributed by atoms with van der Waals surface area (Å²) in [4.78, 5) is 24.4. The molecule has 2 N–H and O–H groups in total. The van der Waals surface area contributed by atoms with Crippen molar-refractivity contribution < 1.29 is 9.59 Å². The van der Waals surface area contributed by atoms with Crippen molar-refractivity contribution in [3.63, 3.8) is 0 Å². The summed E-state index contributed by atoms with van der Waals surface area (Å²) in [5, 5.41) is 5.84. The summed E-state index contributed by atoms with van der Waals surface area (Å²) >= 11 is 0. The highest BCUT2D eigenvalue weighted by Gasteiger charge is 2.29. The van der Waals surface area contributed by atoms with Gasteiger partial charge in [0.1, 0.15) is 0 Å². The highest BCUT2D eigenvalue weighted by atomic mass is 16.2. The van der Waals surface area contributed by atoms with Crippen molar-refractivity contribution in [1.29, 1.82) is 0 Å². The van der Waals surface area contributed by atoms with Gasteiger partial charge in [0.15, 0.2) is 0 Å². The zero-order valence-corrected chi connectivity index (χ0v) is 14.2. The van der Waals surface area contributed by atoms with Crippen LogP contribution in [0, 0.1) is 5.92 Å². The molecule has 0 bridgehead atoms. The Bertz CT molecular complexity index is 824. The predicted octanol–water partition coefficient (Wildman–Crippen LogP) is 4.17. The monoisotopic (exact) mass is 334 g/mol. The molecule has 0 radical (unpaired) electrons. The van der Waals surface area contributed by atoms with E-state index in [2.05, 4.69) is 16.7 Å². The minimum atomic E-state index is -0.112. The second kappa shape index (κ2) is 6.71. The largest absolute Gasteiger partial charge is 0.326 e. The standard InChI is InChI=1S/C21H22N2O2/c24-20(15-9-10-15)22-18-6-3-7-19(13-18)23-21(25)17-11-8-14-4-1-2-5-16(14)12-17/h3,6-8,11-13,15H,1-2,4-5,9-10H2,(H,22,24)(H,23,25). The third-order valence-corrected chi connectivity index (χ3v) is 4.95. The van der Waals surface area contributed by atoms with E-state index in [1.165, 1.54) is 24.0 Å². The molecule has 0 saturated heterocycles. The number of amides is 2. The molecule has 2 amide bonds. The summed E-state index contributed by atoms with van der Waals surface area (Å²) in [6, 6.07) is 13.3. The van der Waals surface area contributed by atoms with Crippen LogP contribution in [0.25, 0.3) is 0 Å². The minimum Gasteiger partial charge on any atom is -0.326 e. The minimum absolute atomic E-state index is 0.0677. The van der Waals surface area contributed by atoms with Crippen LogP contribution < -0.4 is 10.6 Å². The van der Waals surface area contributed by atoms with E-state index in [1.807, 2.05) is 30.3 Å². The molecule has 25 heavy (non-hydrogen) atoms. The number of fused-ring (bicyclic) bond motifs is 1. The van der Waals surface area contributed by atoms with E-state index < -0.39 is 0 Å².